The molecule has 0 aliphatic heterocycles. The summed E-state index contributed by atoms with van der Waals surface area (Å²) in [7, 11) is -3.85. The zero-order valence-electron chi connectivity index (χ0n) is 17.0. The van der Waals surface area contributed by atoms with Gasteiger partial charge in [0.15, 0.2) is 0 Å². The van der Waals surface area contributed by atoms with Crippen molar-refractivity contribution in [3.8, 4) is 0 Å². The number of sulfonamides is 1. The molecule has 2 aromatic carbocycles. The number of benzene rings is 2. The normalized spacial score (nSPS) is 12.2. The smallest absolute Gasteiger partial charge is 0.276 e. The lowest BCUT2D eigenvalue weighted by Gasteiger charge is -2.12. The summed E-state index contributed by atoms with van der Waals surface area (Å²) in [6, 6.07) is 10.2. The summed E-state index contributed by atoms with van der Waals surface area (Å²) in [5.41, 5.74) is 2.38. The molecular formula is C21H22F3N3O2S. The zero-order chi connectivity index (χ0) is 22.3. The number of hydrogen-bond donors (Lipinski definition) is 1. The highest BCUT2D eigenvalue weighted by Crippen LogP contribution is 2.30. The Morgan fingerprint density at radius 3 is 2.40 bits per heavy atom. The number of halogens is 3. The third-order valence-corrected chi connectivity index (χ3v) is 6.33. The molecule has 0 fully saturated rings. The number of nitrogens with zero attached hydrogens (tertiary/aromatic N) is 2. The van der Waals surface area contributed by atoms with Gasteiger partial charge in [-0.3, -0.25) is 9.40 Å². The molecule has 3 rings (SSSR count). The first-order valence-corrected chi connectivity index (χ1v) is 10.7. The van der Waals surface area contributed by atoms with Crippen LogP contribution in [-0.2, 0) is 22.7 Å². The molecule has 0 spiro atoms. The molecule has 3 aromatic rings. The van der Waals surface area contributed by atoms with Crippen molar-refractivity contribution >= 4 is 15.7 Å². The number of aromatic nitrogens is 2. The van der Waals surface area contributed by atoms with Crippen LogP contribution in [0, 0.1) is 27.7 Å². The minimum atomic E-state index is -4.43. The Morgan fingerprint density at radius 1 is 1.03 bits per heavy atom. The van der Waals surface area contributed by atoms with Gasteiger partial charge in [-0.1, -0.05) is 24.3 Å². The molecule has 0 bridgehead atoms. The third-order valence-electron chi connectivity index (χ3n) is 4.84. The molecule has 9 heteroatoms. The van der Waals surface area contributed by atoms with Crippen LogP contribution in [-0.4, -0.2) is 18.2 Å². The molecule has 0 saturated heterocycles. The predicted molar refractivity (Wildman–Crippen MR) is 109 cm³/mol. The Balaban J connectivity index is 1.92. The maximum Gasteiger partial charge on any atom is 0.416 e. The lowest BCUT2D eigenvalue weighted by Crippen LogP contribution is -2.15. The van der Waals surface area contributed by atoms with Gasteiger partial charge >= 0.3 is 6.18 Å². The highest BCUT2D eigenvalue weighted by Gasteiger charge is 2.30. The van der Waals surface area contributed by atoms with Gasteiger partial charge in [0.25, 0.3) is 10.0 Å². The minimum absolute atomic E-state index is 0.0851. The first-order chi connectivity index (χ1) is 13.9. The van der Waals surface area contributed by atoms with Crippen molar-refractivity contribution in [1.29, 1.82) is 0 Å². The maximum atomic E-state index is 13.0. The molecule has 0 radical (unpaired) electrons. The first-order valence-electron chi connectivity index (χ1n) is 9.18. The molecule has 1 aromatic heterocycles. The van der Waals surface area contributed by atoms with Gasteiger partial charge in [-0.2, -0.15) is 18.3 Å². The van der Waals surface area contributed by atoms with E-state index < -0.39 is 21.8 Å². The van der Waals surface area contributed by atoms with E-state index in [9.17, 15) is 21.6 Å². The highest BCUT2D eigenvalue weighted by molar-refractivity contribution is 7.92. The van der Waals surface area contributed by atoms with Crippen LogP contribution in [0.1, 0.15) is 33.6 Å². The van der Waals surface area contributed by atoms with Gasteiger partial charge in [-0.25, -0.2) is 8.42 Å². The van der Waals surface area contributed by atoms with Crippen molar-refractivity contribution in [1.82, 2.24) is 9.78 Å². The van der Waals surface area contributed by atoms with Crippen LogP contribution in [0.4, 0.5) is 18.9 Å². The average molecular weight is 437 g/mol. The molecule has 160 valence electrons. The van der Waals surface area contributed by atoms with Crippen molar-refractivity contribution in [2.75, 3.05) is 4.72 Å². The Morgan fingerprint density at radius 2 is 1.73 bits per heavy atom. The summed E-state index contributed by atoms with van der Waals surface area (Å²) >= 11 is 0. The molecule has 0 aliphatic carbocycles. The van der Waals surface area contributed by atoms with Gasteiger partial charge < -0.3 is 0 Å². The standard InChI is InChI=1S/C21H22F3N3O2S/c1-13-8-9-14(2)19(10-13)30(28,29)26-20-15(3)25-27(16(20)4)12-17-6-5-7-18(11-17)21(22,23)24/h5-11,26H,12H2,1-4H3. The number of hydrogen-bond acceptors (Lipinski definition) is 3. The van der Waals surface area contributed by atoms with E-state index in [4.69, 9.17) is 0 Å². The summed E-state index contributed by atoms with van der Waals surface area (Å²) in [6.45, 7) is 6.93. The summed E-state index contributed by atoms with van der Waals surface area (Å²) < 4.78 is 68.8. The van der Waals surface area contributed by atoms with Crippen LogP contribution < -0.4 is 4.72 Å². The van der Waals surface area contributed by atoms with Gasteiger partial charge in [0.2, 0.25) is 0 Å². The Hall–Kier alpha value is -2.81. The van der Waals surface area contributed by atoms with Crippen LogP contribution in [0.2, 0.25) is 0 Å². The van der Waals surface area contributed by atoms with E-state index >= 15 is 0 Å². The first kappa shape index (κ1) is 21.9. The molecule has 0 aliphatic rings. The maximum absolute atomic E-state index is 13.0. The monoisotopic (exact) mass is 437 g/mol. The second-order valence-corrected chi connectivity index (χ2v) is 8.93. The molecule has 0 amide bonds. The van der Waals surface area contributed by atoms with Crippen molar-refractivity contribution in [2.45, 2.75) is 45.3 Å². The minimum Gasteiger partial charge on any atom is -0.276 e. The number of aryl methyl sites for hydroxylation is 3. The molecule has 0 atom stereocenters. The van der Waals surface area contributed by atoms with Gasteiger partial charge in [0.05, 0.1) is 34.1 Å². The second kappa shape index (κ2) is 7.79. The van der Waals surface area contributed by atoms with Crippen molar-refractivity contribution in [3.63, 3.8) is 0 Å². The van der Waals surface area contributed by atoms with Crippen molar-refractivity contribution < 1.29 is 21.6 Å². The van der Waals surface area contributed by atoms with Gasteiger partial charge in [0.1, 0.15) is 0 Å². The molecule has 1 N–H and O–H groups in total. The fourth-order valence-electron chi connectivity index (χ4n) is 3.20. The Labute approximate surface area is 173 Å². The molecule has 0 saturated carbocycles. The molecule has 0 unspecified atom stereocenters. The van der Waals surface area contributed by atoms with Crippen molar-refractivity contribution in [3.05, 3.63) is 76.1 Å². The van der Waals surface area contributed by atoms with E-state index in [-0.39, 0.29) is 11.4 Å². The largest absolute Gasteiger partial charge is 0.416 e. The summed E-state index contributed by atoms with van der Waals surface area (Å²) in [6.07, 6.45) is -4.43. The van der Waals surface area contributed by atoms with Crippen LogP contribution in [0.25, 0.3) is 0 Å². The predicted octanol–water partition coefficient (Wildman–Crippen LogP) is 4.98. The van der Waals surface area contributed by atoms with E-state index in [1.54, 1.807) is 39.0 Å². The molecule has 30 heavy (non-hydrogen) atoms. The number of rotatable bonds is 5. The quantitative estimate of drug-likeness (QED) is 0.612. The van der Waals surface area contributed by atoms with Crippen molar-refractivity contribution in [2.24, 2.45) is 0 Å². The topological polar surface area (TPSA) is 64.0 Å². The van der Waals surface area contributed by atoms with Crippen LogP contribution in [0.5, 0.6) is 0 Å². The summed E-state index contributed by atoms with van der Waals surface area (Å²) in [5, 5.41) is 4.32. The number of nitrogens with one attached hydrogen (secondary N) is 1. The fourth-order valence-corrected chi connectivity index (χ4v) is 4.71. The van der Waals surface area contributed by atoms with Gasteiger partial charge in [-0.15, -0.1) is 0 Å². The van der Waals surface area contributed by atoms with Gasteiger partial charge in [0, 0.05) is 0 Å². The average Bonchev–Trinajstić information content (AvgIpc) is 2.90. The summed E-state index contributed by atoms with van der Waals surface area (Å²) in [5.74, 6) is 0. The molecular weight excluding hydrogens is 415 g/mol. The highest BCUT2D eigenvalue weighted by atomic mass is 32.2. The number of anilines is 1. The summed E-state index contributed by atoms with van der Waals surface area (Å²) in [4.78, 5) is 0.173. The Kier molecular flexibility index (Phi) is 5.68. The van der Waals surface area contributed by atoms with E-state index in [2.05, 4.69) is 9.82 Å². The van der Waals surface area contributed by atoms with Gasteiger partial charge in [-0.05, 0) is 62.6 Å². The van der Waals surface area contributed by atoms with Crippen LogP contribution in [0.15, 0.2) is 47.4 Å². The van der Waals surface area contributed by atoms with E-state index in [1.165, 1.54) is 10.7 Å². The zero-order valence-corrected chi connectivity index (χ0v) is 17.8. The molecule has 5 nitrogen and oxygen atoms in total. The van der Waals surface area contributed by atoms with Crippen LogP contribution >= 0.6 is 0 Å². The SMILES string of the molecule is Cc1ccc(C)c(S(=O)(=O)Nc2c(C)nn(Cc3cccc(C(F)(F)F)c3)c2C)c1. The molecule has 1 heterocycles. The Bertz CT molecular complexity index is 1200. The van der Waals surface area contributed by atoms with Crippen LogP contribution in [0.3, 0.4) is 0 Å². The van der Waals surface area contributed by atoms with E-state index in [0.29, 0.717) is 28.2 Å². The second-order valence-electron chi connectivity index (χ2n) is 7.28. The lowest BCUT2D eigenvalue weighted by molar-refractivity contribution is -0.137. The van der Waals surface area contributed by atoms with E-state index in [1.807, 2.05) is 13.0 Å². The number of alkyl halides is 3. The lowest BCUT2D eigenvalue weighted by atomic mass is 10.1. The fraction of sp³-hybridized carbons (Fsp3) is 0.286. The van der Waals surface area contributed by atoms with E-state index in [0.717, 1.165) is 17.7 Å². The third kappa shape index (κ3) is 4.51.